The normalized spacial score (nSPS) is 17.2. The molecule has 9 heteroatoms. The first-order valence-electron chi connectivity index (χ1n) is 8.77. The minimum atomic E-state index is -0.488. The first-order valence-corrected chi connectivity index (χ1v) is 8.77. The van der Waals surface area contributed by atoms with Gasteiger partial charge in [0.2, 0.25) is 5.52 Å². The van der Waals surface area contributed by atoms with Gasteiger partial charge in [-0.15, -0.1) is 0 Å². The molecule has 27 heavy (non-hydrogen) atoms. The predicted molar refractivity (Wildman–Crippen MR) is 100 cm³/mol. The van der Waals surface area contributed by atoms with Crippen LogP contribution < -0.4 is 10.2 Å². The maximum atomic E-state index is 11.7. The molecule has 0 spiro atoms. The Hall–Kier alpha value is -3.36. The van der Waals surface area contributed by atoms with Crippen molar-refractivity contribution in [3.05, 3.63) is 40.4 Å². The molecule has 4 rings (SSSR count). The van der Waals surface area contributed by atoms with E-state index < -0.39 is 4.92 Å². The van der Waals surface area contributed by atoms with E-state index in [2.05, 4.69) is 27.5 Å². The van der Waals surface area contributed by atoms with Crippen molar-refractivity contribution < 1.29 is 14.7 Å². The molecular weight excluding hydrogens is 350 g/mol. The number of piperidine rings is 1. The largest absolute Gasteiger partial charge is 0.508 e. The number of fused-ring (bicyclic) bond motifs is 1. The Kier molecular flexibility index (Phi) is 4.27. The molecule has 2 heterocycles. The van der Waals surface area contributed by atoms with E-state index in [1.54, 1.807) is 18.2 Å². The van der Waals surface area contributed by atoms with Crippen molar-refractivity contribution in [3.63, 3.8) is 0 Å². The summed E-state index contributed by atoms with van der Waals surface area (Å²) in [4.78, 5) is 13.4. The number of hydrogen-bond acceptors (Lipinski definition) is 8. The summed E-state index contributed by atoms with van der Waals surface area (Å²) in [5.74, 6) is 0.645. The van der Waals surface area contributed by atoms with Crippen LogP contribution in [0, 0.1) is 16.0 Å². The topological polar surface area (TPSA) is 118 Å². The highest BCUT2D eigenvalue weighted by molar-refractivity contribution is 6.00. The minimum Gasteiger partial charge on any atom is -0.508 e. The number of aromatic nitrogens is 2. The summed E-state index contributed by atoms with van der Waals surface area (Å²) in [5.41, 5.74) is 2.02. The molecule has 0 amide bonds. The zero-order valence-corrected chi connectivity index (χ0v) is 14.8. The van der Waals surface area contributed by atoms with Crippen LogP contribution in [0.5, 0.6) is 5.75 Å². The molecule has 1 saturated heterocycles. The molecule has 1 aliphatic heterocycles. The Balaban J connectivity index is 1.84. The van der Waals surface area contributed by atoms with Crippen molar-refractivity contribution in [2.75, 3.05) is 23.3 Å². The zero-order valence-electron chi connectivity index (χ0n) is 14.8. The van der Waals surface area contributed by atoms with Crippen LogP contribution in [0.4, 0.5) is 22.7 Å². The number of rotatable bonds is 4. The van der Waals surface area contributed by atoms with Gasteiger partial charge < -0.3 is 15.3 Å². The molecule has 1 aromatic heterocycles. The Morgan fingerprint density at radius 1 is 1.30 bits per heavy atom. The van der Waals surface area contributed by atoms with E-state index in [0.29, 0.717) is 22.8 Å². The lowest BCUT2D eigenvalue weighted by molar-refractivity contribution is -0.382. The fourth-order valence-electron chi connectivity index (χ4n) is 3.54. The third kappa shape index (κ3) is 3.23. The second kappa shape index (κ2) is 6.75. The highest BCUT2D eigenvalue weighted by Gasteiger charge is 2.29. The molecule has 2 N–H and O–H groups in total. The molecule has 0 aliphatic carbocycles. The van der Waals surface area contributed by atoms with Crippen LogP contribution in [0.3, 0.4) is 0 Å². The first kappa shape index (κ1) is 17.1. The number of aromatic hydroxyl groups is 1. The van der Waals surface area contributed by atoms with Crippen molar-refractivity contribution in [1.82, 2.24) is 10.3 Å². The lowest BCUT2D eigenvalue weighted by Gasteiger charge is -2.32. The van der Waals surface area contributed by atoms with E-state index in [1.807, 2.05) is 0 Å². The molecule has 1 aliphatic rings. The van der Waals surface area contributed by atoms with Crippen molar-refractivity contribution in [2.24, 2.45) is 5.92 Å². The van der Waals surface area contributed by atoms with Gasteiger partial charge in [-0.3, -0.25) is 10.1 Å². The highest BCUT2D eigenvalue weighted by Crippen LogP contribution is 2.40. The van der Waals surface area contributed by atoms with Crippen LogP contribution in [0.2, 0.25) is 0 Å². The number of nitrogens with zero attached hydrogens (tertiary/aromatic N) is 4. The Labute approximate surface area is 154 Å². The lowest BCUT2D eigenvalue weighted by atomic mass is 9.99. The van der Waals surface area contributed by atoms with Crippen LogP contribution >= 0.6 is 0 Å². The number of nitro benzene ring substituents is 1. The summed E-state index contributed by atoms with van der Waals surface area (Å²) in [5, 5.41) is 32.0. The number of nitro groups is 1. The van der Waals surface area contributed by atoms with Gasteiger partial charge in [0.15, 0.2) is 5.52 Å². The average Bonchev–Trinajstić information content (AvgIpc) is 3.12. The number of phenolic OH excluding ortho intramolecular Hbond substituents is 1. The molecule has 1 atom stereocenters. The summed E-state index contributed by atoms with van der Waals surface area (Å²) in [6.07, 6.45) is 2.20. The van der Waals surface area contributed by atoms with E-state index >= 15 is 0 Å². The Morgan fingerprint density at radius 3 is 2.74 bits per heavy atom. The van der Waals surface area contributed by atoms with E-state index in [0.717, 1.165) is 31.6 Å². The molecular formula is C18H19N5O4. The van der Waals surface area contributed by atoms with Gasteiger partial charge in [-0.25, -0.2) is 4.63 Å². The van der Waals surface area contributed by atoms with E-state index in [9.17, 15) is 15.2 Å². The number of benzene rings is 2. The molecule has 9 nitrogen and oxygen atoms in total. The van der Waals surface area contributed by atoms with E-state index in [-0.39, 0.29) is 17.0 Å². The third-order valence-corrected chi connectivity index (χ3v) is 4.82. The molecule has 0 bridgehead atoms. The molecule has 0 saturated carbocycles. The van der Waals surface area contributed by atoms with Gasteiger partial charge in [0.1, 0.15) is 11.4 Å². The van der Waals surface area contributed by atoms with Crippen molar-refractivity contribution in [2.45, 2.75) is 19.8 Å². The Bertz CT molecular complexity index is 985. The van der Waals surface area contributed by atoms with Gasteiger partial charge in [-0.1, -0.05) is 6.92 Å². The van der Waals surface area contributed by atoms with Gasteiger partial charge in [0, 0.05) is 18.8 Å². The number of anilines is 3. The number of phenols is 1. The molecule has 3 aromatic rings. The maximum absolute atomic E-state index is 11.7. The molecule has 1 fully saturated rings. The smallest absolute Gasteiger partial charge is 0.324 e. The standard InChI is InChI=1S/C18H19N5O4/c1-11-3-2-8-22(10-11)15-9-14(19-12-4-6-13(24)7-5-12)18(23(25)26)17-16(15)20-27-21-17/h4-7,9,11,19,24H,2-3,8,10H2,1H3/t11-/m1/s1. The summed E-state index contributed by atoms with van der Waals surface area (Å²) >= 11 is 0. The fraction of sp³-hybridized carbons (Fsp3) is 0.333. The van der Waals surface area contributed by atoms with Gasteiger partial charge >= 0.3 is 5.69 Å². The highest BCUT2D eigenvalue weighted by atomic mass is 16.6. The monoisotopic (exact) mass is 369 g/mol. The van der Waals surface area contributed by atoms with Crippen molar-refractivity contribution in [1.29, 1.82) is 0 Å². The summed E-state index contributed by atoms with van der Waals surface area (Å²) in [7, 11) is 0. The summed E-state index contributed by atoms with van der Waals surface area (Å²) < 4.78 is 4.84. The fourth-order valence-corrected chi connectivity index (χ4v) is 3.54. The maximum Gasteiger partial charge on any atom is 0.324 e. The number of hydrogen-bond donors (Lipinski definition) is 2. The third-order valence-electron chi connectivity index (χ3n) is 4.82. The predicted octanol–water partition coefficient (Wildman–Crippen LogP) is 3.82. The number of nitrogens with one attached hydrogen (secondary N) is 1. The molecule has 140 valence electrons. The van der Waals surface area contributed by atoms with Crippen LogP contribution in [0.25, 0.3) is 11.0 Å². The van der Waals surface area contributed by atoms with Gasteiger partial charge in [0.25, 0.3) is 0 Å². The van der Waals surface area contributed by atoms with E-state index in [1.165, 1.54) is 12.1 Å². The van der Waals surface area contributed by atoms with Crippen molar-refractivity contribution >= 4 is 33.8 Å². The SMILES string of the molecule is C[C@@H]1CCCN(c2cc(Nc3ccc(O)cc3)c([N+](=O)[O-])c3nonc23)C1. The summed E-state index contributed by atoms with van der Waals surface area (Å²) in [6.45, 7) is 3.88. The van der Waals surface area contributed by atoms with Gasteiger partial charge in [-0.2, -0.15) is 0 Å². The zero-order chi connectivity index (χ0) is 19.0. The Morgan fingerprint density at radius 2 is 2.04 bits per heavy atom. The molecule has 0 unspecified atom stereocenters. The second-order valence-corrected chi connectivity index (χ2v) is 6.88. The molecule has 2 aromatic carbocycles. The van der Waals surface area contributed by atoms with Gasteiger partial charge in [0.05, 0.1) is 10.6 Å². The minimum absolute atomic E-state index is 0.120. The van der Waals surface area contributed by atoms with E-state index in [4.69, 9.17) is 4.63 Å². The lowest BCUT2D eigenvalue weighted by Crippen LogP contribution is -2.34. The van der Waals surface area contributed by atoms with Gasteiger partial charge in [-0.05, 0) is 59.4 Å². The van der Waals surface area contributed by atoms with Crippen LogP contribution in [0.1, 0.15) is 19.8 Å². The quantitative estimate of drug-likeness (QED) is 0.405. The molecule has 0 radical (unpaired) electrons. The summed E-state index contributed by atoms with van der Waals surface area (Å²) in [6, 6.07) is 8.05. The van der Waals surface area contributed by atoms with Crippen LogP contribution in [0.15, 0.2) is 35.0 Å². The van der Waals surface area contributed by atoms with Crippen LogP contribution in [-0.2, 0) is 0 Å². The second-order valence-electron chi connectivity index (χ2n) is 6.88. The van der Waals surface area contributed by atoms with Crippen LogP contribution in [-0.4, -0.2) is 33.4 Å². The average molecular weight is 369 g/mol. The van der Waals surface area contributed by atoms with Crippen molar-refractivity contribution in [3.8, 4) is 5.75 Å². The first-order chi connectivity index (χ1) is 13.0.